The van der Waals surface area contributed by atoms with Crippen molar-refractivity contribution in [1.29, 1.82) is 0 Å². The van der Waals surface area contributed by atoms with Crippen LogP contribution in [0.15, 0.2) is 12.1 Å². The zero-order valence-corrected chi connectivity index (χ0v) is 13.1. The average Bonchev–Trinajstić information content (AvgIpc) is 2.39. The molecular formula is C19H27N. The van der Waals surface area contributed by atoms with Crippen LogP contribution in [0.1, 0.15) is 54.4 Å². The molecule has 0 spiro atoms. The van der Waals surface area contributed by atoms with Crippen molar-refractivity contribution in [1.82, 2.24) is 0 Å². The standard InChI is InChI=1S/C19H27N/c1-11-4-13(3)17(5-12(11)2)19-8-14-6-15(9-19)18(20)16(7-14)10-19/h4-5,14-16,18H,6-10,20H2,1-3H3. The Morgan fingerprint density at radius 2 is 1.50 bits per heavy atom. The maximum atomic E-state index is 6.50. The van der Waals surface area contributed by atoms with Gasteiger partial charge in [0, 0.05) is 6.04 Å². The van der Waals surface area contributed by atoms with Crippen molar-refractivity contribution in [3.8, 4) is 0 Å². The van der Waals surface area contributed by atoms with E-state index in [4.69, 9.17) is 5.73 Å². The van der Waals surface area contributed by atoms with Gasteiger partial charge in [-0.3, -0.25) is 0 Å². The average molecular weight is 269 g/mol. The fourth-order valence-corrected chi connectivity index (χ4v) is 5.93. The molecule has 108 valence electrons. The lowest BCUT2D eigenvalue weighted by molar-refractivity contribution is -0.0229. The van der Waals surface area contributed by atoms with Crippen LogP contribution in [0.5, 0.6) is 0 Å². The van der Waals surface area contributed by atoms with Crippen LogP contribution in [-0.2, 0) is 5.41 Å². The third-order valence-corrected chi connectivity index (χ3v) is 6.76. The van der Waals surface area contributed by atoms with Crippen LogP contribution in [0.3, 0.4) is 0 Å². The van der Waals surface area contributed by atoms with Crippen molar-refractivity contribution >= 4 is 0 Å². The summed E-state index contributed by atoms with van der Waals surface area (Å²) in [6.07, 6.45) is 6.94. The minimum absolute atomic E-state index is 0.467. The Labute approximate surface area is 122 Å². The molecule has 4 aliphatic rings. The van der Waals surface area contributed by atoms with Crippen molar-refractivity contribution in [2.24, 2.45) is 23.5 Å². The summed E-state index contributed by atoms with van der Waals surface area (Å²) in [6, 6.07) is 5.40. The van der Waals surface area contributed by atoms with Crippen LogP contribution in [0.25, 0.3) is 0 Å². The maximum absolute atomic E-state index is 6.50. The van der Waals surface area contributed by atoms with E-state index in [9.17, 15) is 0 Å². The summed E-state index contributed by atoms with van der Waals surface area (Å²) >= 11 is 0. The number of aryl methyl sites for hydroxylation is 3. The van der Waals surface area contributed by atoms with Gasteiger partial charge in [0.1, 0.15) is 0 Å². The molecule has 4 bridgehead atoms. The lowest BCUT2D eigenvalue weighted by Gasteiger charge is -2.60. The van der Waals surface area contributed by atoms with Crippen LogP contribution in [-0.4, -0.2) is 6.04 Å². The van der Waals surface area contributed by atoms with E-state index >= 15 is 0 Å². The first kappa shape index (κ1) is 12.9. The number of hydrogen-bond donors (Lipinski definition) is 1. The fourth-order valence-electron chi connectivity index (χ4n) is 5.93. The summed E-state index contributed by atoms with van der Waals surface area (Å²) in [6.45, 7) is 6.83. The zero-order chi connectivity index (χ0) is 14.1. The van der Waals surface area contributed by atoms with Crippen molar-refractivity contribution in [2.45, 2.75) is 64.3 Å². The minimum atomic E-state index is 0.467. The summed E-state index contributed by atoms with van der Waals surface area (Å²) in [4.78, 5) is 0. The van der Waals surface area contributed by atoms with Crippen molar-refractivity contribution in [3.05, 3.63) is 34.4 Å². The molecule has 0 heterocycles. The minimum Gasteiger partial charge on any atom is -0.327 e. The van der Waals surface area contributed by atoms with E-state index in [1.165, 1.54) is 48.8 Å². The van der Waals surface area contributed by atoms with Gasteiger partial charge < -0.3 is 5.73 Å². The Morgan fingerprint density at radius 3 is 2.15 bits per heavy atom. The fraction of sp³-hybridized carbons (Fsp3) is 0.684. The van der Waals surface area contributed by atoms with E-state index in [0.29, 0.717) is 11.5 Å². The summed E-state index contributed by atoms with van der Waals surface area (Å²) in [7, 11) is 0. The monoisotopic (exact) mass is 269 g/mol. The second-order valence-corrected chi connectivity index (χ2v) is 8.08. The predicted octanol–water partition coefficient (Wildman–Crippen LogP) is 4.02. The van der Waals surface area contributed by atoms with Crippen LogP contribution in [0.4, 0.5) is 0 Å². The molecule has 2 atom stereocenters. The molecule has 1 aromatic carbocycles. The molecule has 0 amide bonds. The molecule has 1 heteroatoms. The molecule has 0 aromatic heterocycles. The van der Waals surface area contributed by atoms with Crippen molar-refractivity contribution in [3.63, 3.8) is 0 Å². The highest BCUT2D eigenvalue weighted by Gasteiger charge is 2.55. The van der Waals surface area contributed by atoms with Gasteiger partial charge in [0.2, 0.25) is 0 Å². The summed E-state index contributed by atoms with van der Waals surface area (Å²) in [5.41, 5.74) is 13.0. The molecule has 4 saturated carbocycles. The molecule has 4 fully saturated rings. The highest BCUT2D eigenvalue weighted by Crippen LogP contribution is 2.60. The Morgan fingerprint density at radius 1 is 0.900 bits per heavy atom. The molecule has 2 N–H and O–H groups in total. The molecule has 0 saturated heterocycles. The summed E-state index contributed by atoms with van der Waals surface area (Å²) < 4.78 is 0. The quantitative estimate of drug-likeness (QED) is 0.819. The molecule has 0 radical (unpaired) electrons. The van der Waals surface area contributed by atoms with Crippen LogP contribution < -0.4 is 5.73 Å². The van der Waals surface area contributed by atoms with Gasteiger partial charge in [-0.2, -0.15) is 0 Å². The first-order valence-corrected chi connectivity index (χ1v) is 8.32. The summed E-state index contributed by atoms with van der Waals surface area (Å²) in [5, 5.41) is 0. The van der Waals surface area contributed by atoms with Crippen molar-refractivity contribution in [2.75, 3.05) is 0 Å². The van der Waals surface area contributed by atoms with Gasteiger partial charge in [-0.25, -0.2) is 0 Å². The predicted molar refractivity (Wildman–Crippen MR) is 83.9 cm³/mol. The molecule has 5 rings (SSSR count). The van der Waals surface area contributed by atoms with Crippen LogP contribution in [0, 0.1) is 38.5 Å². The molecule has 0 aliphatic heterocycles. The Bertz CT molecular complexity index is 543. The van der Waals surface area contributed by atoms with E-state index in [1.54, 1.807) is 5.56 Å². The molecule has 1 nitrogen and oxygen atoms in total. The first-order valence-electron chi connectivity index (χ1n) is 8.32. The Balaban J connectivity index is 1.81. The molecule has 2 unspecified atom stereocenters. The third kappa shape index (κ3) is 1.65. The van der Waals surface area contributed by atoms with Gasteiger partial charge in [-0.15, -0.1) is 0 Å². The normalized spacial score (nSPS) is 42.2. The molecular weight excluding hydrogens is 242 g/mol. The van der Waals surface area contributed by atoms with E-state index in [1.807, 2.05) is 0 Å². The lowest BCUT2D eigenvalue weighted by atomic mass is 9.46. The van der Waals surface area contributed by atoms with Crippen molar-refractivity contribution < 1.29 is 0 Å². The van der Waals surface area contributed by atoms with E-state index in [2.05, 4.69) is 32.9 Å². The van der Waals surface area contributed by atoms with Gasteiger partial charge >= 0.3 is 0 Å². The number of benzene rings is 1. The SMILES string of the molecule is Cc1cc(C)c(C23CC4CC(C2)C(N)C(C4)C3)cc1C. The summed E-state index contributed by atoms with van der Waals surface area (Å²) in [5.74, 6) is 2.54. The highest BCUT2D eigenvalue weighted by atomic mass is 14.7. The molecule has 1 aromatic rings. The van der Waals surface area contributed by atoms with Gasteiger partial charge in [0.05, 0.1) is 0 Å². The van der Waals surface area contributed by atoms with E-state index in [-0.39, 0.29) is 0 Å². The van der Waals surface area contributed by atoms with E-state index < -0.39 is 0 Å². The first-order chi connectivity index (χ1) is 9.48. The second-order valence-electron chi connectivity index (χ2n) is 8.08. The van der Waals surface area contributed by atoms with Gasteiger partial charge in [-0.1, -0.05) is 12.1 Å². The Hall–Kier alpha value is -0.820. The van der Waals surface area contributed by atoms with Crippen LogP contribution in [0.2, 0.25) is 0 Å². The molecule has 4 aliphatic carbocycles. The number of hydrogen-bond acceptors (Lipinski definition) is 1. The number of nitrogens with two attached hydrogens (primary N) is 1. The van der Waals surface area contributed by atoms with Crippen LogP contribution >= 0.6 is 0 Å². The smallest absolute Gasteiger partial charge is 0.00964 e. The molecule has 20 heavy (non-hydrogen) atoms. The second kappa shape index (κ2) is 4.10. The number of rotatable bonds is 1. The zero-order valence-electron chi connectivity index (χ0n) is 13.1. The van der Waals surface area contributed by atoms with Gasteiger partial charge in [0.15, 0.2) is 0 Å². The van der Waals surface area contributed by atoms with Gasteiger partial charge in [0.25, 0.3) is 0 Å². The third-order valence-electron chi connectivity index (χ3n) is 6.76. The Kier molecular flexibility index (Phi) is 2.64. The van der Waals surface area contributed by atoms with E-state index in [0.717, 1.165) is 17.8 Å². The lowest BCUT2D eigenvalue weighted by Crippen LogP contribution is -2.58. The largest absolute Gasteiger partial charge is 0.327 e. The topological polar surface area (TPSA) is 26.0 Å². The van der Waals surface area contributed by atoms with Gasteiger partial charge in [-0.05, 0) is 98.3 Å². The highest BCUT2D eigenvalue weighted by molar-refractivity contribution is 5.42. The maximum Gasteiger partial charge on any atom is 0.00964 e.